The van der Waals surface area contributed by atoms with E-state index >= 15 is 0 Å². The van der Waals surface area contributed by atoms with Crippen molar-refractivity contribution < 1.29 is 5.11 Å². The van der Waals surface area contributed by atoms with Crippen LogP contribution >= 0.6 is 0 Å². The predicted octanol–water partition coefficient (Wildman–Crippen LogP) is 1.99. The standard InChI is InChI=1S/C14H21NO/c1-2-3-12-4-5-13-6-7-15(8-9-16)11-14(13)10-12/h4-5,10,16H,2-3,6-9,11H2,1H3. The highest BCUT2D eigenvalue weighted by Gasteiger charge is 2.15. The number of hydrogen-bond acceptors (Lipinski definition) is 2. The van der Waals surface area contributed by atoms with Crippen LogP contribution < -0.4 is 0 Å². The number of aryl methyl sites for hydroxylation is 1. The number of rotatable bonds is 4. The second-order valence-electron chi connectivity index (χ2n) is 4.60. The molecular weight excluding hydrogens is 198 g/mol. The maximum Gasteiger partial charge on any atom is 0.0558 e. The highest BCUT2D eigenvalue weighted by molar-refractivity contribution is 5.33. The number of aliphatic hydroxyl groups excluding tert-OH is 1. The van der Waals surface area contributed by atoms with Crippen molar-refractivity contribution in [2.75, 3.05) is 19.7 Å². The predicted molar refractivity (Wildman–Crippen MR) is 66.5 cm³/mol. The van der Waals surface area contributed by atoms with Gasteiger partial charge in [0.05, 0.1) is 6.61 Å². The van der Waals surface area contributed by atoms with E-state index in [1.165, 1.54) is 29.5 Å². The Labute approximate surface area is 97.9 Å². The summed E-state index contributed by atoms with van der Waals surface area (Å²) in [6, 6.07) is 6.91. The van der Waals surface area contributed by atoms with Crippen LogP contribution in [-0.2, 0) is 19.4 Å². The van der Waals surface area contributed by atoms with Crippen molar-refractivity contribution in [1.82, 2.24) is 4.90 Å². The molecule has 1 heterocycles. The topological polar surface area (TPSA) is 23.5 Å². The maximum atomic E-state index is 8.96. The lowest BCUT2D eigenvalue weighted by Gasteiger charge is -2.28. The van der Waals surface area contributed by atoms with E-state index in [4.69, 9.17) is 5.11 Å². The van der Waals surface area contributed by atoms with Crippen molar-refractivity contribution in [3.8, 4) is 0 Å². The van der Waals surface area contributed by atoms with Crippen molar-refractivity contribution in [2.45, 2.75) is 32.7 Å². The fourth-order valence-electron chi connectivity index (χ4n) is 2.45. The molecule has 0 saturated carbocycles. The number of benzene rings is 1. The Hall–Kier alpha value is -0.860. The molecule has 0 atom stereocenters. The third-order valence-corrected chi connectivity index (χ3v) is 3.32. The molecule has 2 nitrogen and oxygen atoms in total. The first-order valence-electron chi connectivity index (χ1n) is 6.27. The molecule has 0 spiro atoms. The van der Waals surface area contributed by atoms with E-state index in [1.54, 1.807) is 0 Å². The fraction of sp³-hybridized carbons (Fsp3) is 0.571. The molecule has 0 fully saturated rings. The summed E-state index contributed by atoms with van der Waals surface area (Å²) in [7, 11) is 0. The van der Waals surface area contributed by atoms with Crippen molar-refractivity contribution in [2.24, 2.45) is 0 Å². The van der Waals surface area contributed by atoms with Crippen LogP contribution in [0, 0.1) is 0 Å². The molecule has 1 aliphatic heterocycles. The Morgan fingerprint density at radius 2 is 2.19 bits per heavy atom. The highest BCUT2D eigenvalue weighted by Crippen LogP contribution is 2.20. The summed E-state index contributed by atoms with van der Waals surface area (Å²) in [5.74, 6) is 0. The van der Waals surface area contributed by atoms with Crippen LogP contribution in [0.1, 0.15) is 30.0 Å². The largest absolute Gasteiger partial charge is 0.395 e. The molecular formula is C14H21NO. The third-order valence-electron chi connectivity index (χ3n) is 3.32. The Kier molecular flexibility index (Phi) is 3.97. The van der Waals surface area contributed by atoms with E-state index in [2.05, 4.69) is 30.0 Å². The minimum absolute atomic E-state index is 0.268. The van der Waals surface area contributed by atoms with Gasteiger partial charge in [-0.2, -0.15) is 0 Å². The van der Waals surface area contributed by atoms with Gasteiger partial charge in [-0.05, 0) is 29.5 Å². The zero-order chi connectivity index (χ0) is 11.4. The molecule has 0 radical (unpaired) electrons. The fourth-order valence-corrected chi connectivity index (χ4v) is 2.45. The summed E-state index contributed by atoms with van der Waals surface area (Å²) < 4.78 is 0. The van der Waals surface area contributed by atoms with Gasteiger partial charge in [0.2, 0.25) is 0 Å². The van der Waals surface area contributed by atoms with Gasteiger partial charge in [-0.25, -0.2) is 0 Å². The minimum atomic E-state index is 0.268. The molecule has 1 N–H and O–H groups in total. The molecule has 0 saturated heterocycles. The molecule has 0 aromatic heterocycles. The number of nitrogens with zero attached hydrogens (tertiary/aromatic N) is 1. The molecule has 0 amide bonds. The summed E-state index contributed by atoms with van der Waals surface area (Å²) in [5, 5.41) is 8.96. The lowest BCUT2D eigenvalue weighted by molar-refractivity contribution is 0.184. The van der Waals surface area contributed by atoms with Crippen LogP contribution in [0.5, 0.6) is 0 Å². The molecule has 1 aliphatic rings. The molecule has 1 aromatic rings. The first-order valence-corrected chi connectivity index (χ1v) is 6.27. The molecule has 2 heteroatoms. The van der Waals surface area contributed by atoms with Crippen LogP contribution in [0.2, 0.25) is 0 Å². The first-order chi connectivity index (χ1) is 7.83. The van der Waals surface area contributed by atoms with E-state index in [9.17, 15) is 0 Å². The zero-order valence-corrected chi connectivity index (χ0v) is 10.1. The van der Waals surface area contributed by atoms with E-state index < -0.39 is 0 Å². The zero-order valence-electron chi connectivity index (χ0n) is 10.1. The monoisotopic (exact) mass is 219 g/mol. The molecule has 2 rings (SSSR count). The van der Waals surface area contributed by atoms with Gasteiger partial charge in [0.15, 0.2) is 0 Å². The Balaban J connectivity index is 2.12. The first kappa shape index (κ1) is 11.6. The normalized spacial score (nSPS) is 16.1. The average molecular weight is 219 g/mol. The second-order valence-corrected chi connectivity index (χ2v) is 4.60. The molecule has 0 bridgehead atoms. The van der Waals surface area contributed by atoms with Crippen LogP contribution in [-0.4, -0.2) is 29.7 Å². The van der Waals surface area contributed by atoms with Crippen LogP contribution in [0.3, 0.4) is 0 Å². The lowest BCUT2D eigenvalue weighted by atomic mass is 9.96. The smallest absolute Gasteiger partial charge is 0.0558 e. The van der Waals surface area contributed by atoms with Gasteiger partial charge < -0.3 is 5.11 Å². The highest BCUT2D eigenvalue weighted by atomic mass is 16.3. The van der Waals surface area contributed by atoms with Crippen molar-refractivity contribution in [3.05, 3.63) is 34.9 Å². The summed E-state index contributed by atoms with van der Waals surface area (Å²) in [4.78, 5) is 2.33. The SMILES string of the molecule is CCCc1ccc2c(c1)CN(CCO)CC2. The van der Waals surface area contributed by atoms with Crippen molar-refractivity contribution in [1.29, 1.82) is 0 Å². The van der Waals surface area contributed by atoms with Gasteiger partial charge in [-0.1, -0.05) is 31.5 Å². The maximum absolute atomic E-state index is 8.96. The summed E-state index contributed by atoms with van der Waals surface area (Å²) in [5.41, 5.74) is 4.41. The van der Waals surface area contributed by atoms with E-state index in [0.29, 0.717) is 0 Å². The van der Waals surface area contributed by atoms with Crippen LogP contribution in [0.4, 0.5) is 0 Å². The van der Waals surface area contributed by atoms with Gasteiger partial charge in [0.25, 0.3) is 0 Å². The van der Waals surface area contributed by atoms with E-state index in [-0.39, 0.29) is 6.61 Å². The summed E-state index contributed by atoms with van der Waals surface area (Å²) in [6.07, 6.45) is 3.51. The number of aliphatic hydroxyl groups is 1. The van der Waals surface area contributed by atoms with Gasteiger partial charge in [-0.3, -0.25) is 4.90 Å². The quantitative estimate of drug-likeness (QED) is 0.837. The Bertz CT molecular complexity index is 349. The molecule has 0 unspecified atom stereocenters. The summed E-state index contributed by atoms with van der Waals surface area (Å²) >= 11 is 0. The molecule has 16 heavy (non-hydrogen) atoms. The second kappa shape index (κ2) is 5.46. The Morgan fingerprint density at radius 1 is 1.31 bits per heavy atom. The number of β-amino-alcohol motifs (C(OH)–C–C–N with tert-alkyl or cyclic N) is 1. The molecule has 0 aliphatic carbocycles. The van der Waals surface area contributed by atoms with Gasteiger partial charge in [0.1, 0.15) is 0 Å². The number of hydrogen-bond donors (Lipinski definition) is 1. The molecule has 88 valence electrons. The van der Waals surface area contributed by atoms with Crippen LogP contribution in [0.25, 0.3) is 0 Å². The Morgan fingerprint density at radius 3 is 2.94 bits per heavy atom. The minimum Gasteiger partial charge on any atom is -0.395 e. The van der Waals surface area contributed by atoms with Crippen LogP contribution in [0.15, 0.2) is 18.2 Å². The van der Waals surface area contributed by atoms with E-state index in [0.717, 1.165) is 26.1 Å². The summed E-state index contributed by atoms with van der Waals surface area (Å²) in [6.45, 7) is 5.38. The van der Waals surface area contributed by atoms with Gasteiger partial charge in [-0.15, -0.1) is 0 Å². The van der Waals surface area contributed by atoms with Gasteiger partial charge >= 0.3 is 0 Å². The van der Waals surface area contributed by atoms with Crippen molar-refractivity contribution in [3.63, 3.8) is 0 Å². The third kappa shape index (κ3) is 2.63. The van der Waals surface area contributed by atoms with E-state index in [1.807, 2.05) is 0 Å². The molecule has 1 aromatic carbocycles. The van der Waals surface area contributed by atoms with Gasteiger partial charge in [0, 0.05) is 19.6 Å². The van der Waals surface area contributed by atoms with Crippen molar-refractivity contribution >= 4 is 0 Å². The number of fused-ring (bicyclic) bond motifs is 1. The lowest BCUT2D eigenvalue weighted by Crippen LogP contribution is -2.32. The average Bonchev–Trinajstić information content (AvgIpc) is 2.29.